The zero-order valence-corrected chi connectivity index (χ0v) is 21.2. The molecule has 7 heteroatoms. The largest absolute Gasteiger partial charge is 0.481 e. The predicted molar refractivity (Wildman–Crippen MR) is 134 cm³/mol. The quantitative estimate of drug-likeness (QED) is 0.562. The Morgan fingerprint density at radius 3 is 2.60 bits per heavy atom. The van der Waals surface area contributed by atoms with Crippen molar-refractivity contribution in [2.45, 2.75) is 96.1 Å². The summed E-state index contributed by atoms with van der Waals surface area (Å²) >= 11 is 0. The molecule has 2 aromatic rings. The van der Waals surface area contributed by atoms with Gasteiger partial charge in [0, 0.05) is 24.1 Å². The Morgan fingerprint density at radius 2 is 1.86 bits per heavy atom. The van der Waals surface area contributed by atoms with Crippen LogP contribution < -0.4 is 0 Å². The molecule has 3 atom stereocenters. The molecule has 35 heavy (non-hydrogen) atoms. The minimum atomic E-state index is -0.637. The average Bonchev–Trinajstić information content (AvgIpc) is 3.29. The van der Waals surface area contributed by atoms with Crippen molar-refractivity contribution >= 4 is 23.1 Å². The van der Waals surface area contributed by atoms with Gasteiger partial charge in [-0.3, -0.25) is 4.79 Å². The highest BCUT2D eigenvalue weighted by molar-refractivity contribution is 5.82. The molecular weight excluding hydrogens is 442 g/mol. The molecule has 1 N–H and O–H groups in total. The van der Waals surface area contributed by atoms with Gasteiger partial charge in [0.1, 0.15) is 5.82 Å². The number of methoxy groups -OCH3 is 1. The zero-order chi connectivity index (χ0) is 24.5. The first-order chi connectivity index (χ1) is 17.0. The van der Waals surface area contributed by atoms with Gasteiger partial charge in [-0.05, 0) is 63.0 Å². The molecule has 2 aliphatic carbocycles. The molecule has 5 rings (SSSR count). The van der Waals surface area contributed by atoms with Crippen LogP contribution in [-0.4, -0.2) is 45.3 Å². The first kappa shape index (κ1) is 24.1. The maximum Gasteiger partial charge on any atom is 0.409 e. The Labute approximate surface area is 207 Å². The van der Waals surface area contributed by atoms with Gasteiger partial charge in [-0.25, -0.2) is 9.78 Å². The molecule has 2 heterocycles. The van der Waals surface area contributed by atoms with E-state index in [0.717, 1.165) is 68.0 Å². The number of hydrogen-bond donors (Lipinski definition) is 1. The monoisotopic (exact) mass is 481 g/mol. The molecule has 0 bridgehead atoms. The van der Waals surface area contributed by atoms with Crippen molar-refractivity contribution in [3.63, 3.8) is 0 Å². The van der Waals surface area contributed by atoms with Crippen LogP contribution in [0.5, 0.6) is 0 Å². The molecule has 3 aliphatic rings. The SMILES string of the molecule is COC(=O)N1CCc2ccc3c(nc(C4CCCCC4)n3[C@@H](C)C[C@H]3CCCC[C@H]3C(=O)O)c2C1. The van der Waals surface area contributed by atoms with Crippen LogP contribution in [-0.2, 0) is 22.5 Å². The van der Waals surface area contributed by atoms with Crippen LogP contribution in [0.1, 0.15) is 100 Å². The lowest BCUT2D eigenvalue weighted by Crippen LogP contribution is -2.35. The molecule has 1 aromatic carbocycles. The number of benzene rings is 1. The number of amides is 1. The number of carboxylic acid groups (broad SMARTS) is 1. The van der Waals surface area contributed by atoms with Crippen LogP contribution in [0.4, 0.5) is 4.79 Å². The van der Waals surface area contributed by atoms with Crippen LogP contribution in [0, 0.1) is 11.8 Å². The number of aliphatic carboxylic acids is 1. The Balaban J connectivity index is 1.55. The predicted octanol–water partition coefficient (Wildman–Crippen LogP) is 6.05. The van der Waals surface area contributed by atoms with E-state index in [1.54, 1.807) is 4.90 Å². The Bertz CT molecular complexity index is 1090. The van der Waals surface area contributed by atoms with Gasteiger partial charge >= 0.3 is 12.1 Å². The van der Waals surface area contributed by atoms with Crippen molar-refractivity contribution < 1.29 is 19.4 Å². The molecule has 1 aromatic heterocycles. The highest BCUT2D eigenvalue weighted by Gasteiger charge is 2.34. The van der Waals surface area contributed by atoms with E-state index in [1.165, 1.54) is 37.8 Å². The van der Waals surface area contributed by atoms with Crippen LogP contribution in [0.15, 0.2) is 12.1 Å². The molecule has 7 nitrogen and oxygen atoms in total. The van der Waals surface area contributed by atoms with Gasteiger partial charge in [-0.1, -0.05) is 38.2 Å². The number of hydrogen-bond acceptors (Lipinski definition) is 4. The first-order valence-electron chi connectivity index (χ1n) is 13.6. The van der Waals surface area contributed by atoms with Gasteiger partial charge in [0.2, 0.25) is 0 Å². The number of carbonyl (C=O) groups excluding carboxylic acids is 1. The fraction of sp³-hybridized carbons (Fsp3) is 0.679. The summed E-state index contributed by atoms with van der Waals surface area (Å²) < 4.78 is 7.45. The standard InChI is InChI=1S/C28H39N3O4/c1-18(16-21-10-6-7-11-22(21)27(32)33)31-24-13-12-19-14-15-30(28(34)35-2)17-23(19)25(24)29-26(31)20-8-4-3-5-9-20/h12-13,18,20-22H,3-11,14-17H2,1-2H3,(H,32,33)/t18-,21+,22+/m0/s1. The molecule has 0 saturated heterocycles. The number of imidazole rings is 1. The smallest absolute Gasteiger partial charge is 0.409 e. The molecule has 2 saturated carbocycles. The Morgan fingerprint density at radius 1 is 1.11 bits per heavy atom. The van der Waals surface area contributed by atoms with E-state index in [0.29, 0.717) is 19.0 Å². The van der Waals surface area contributed by atoms with Gasteiger partial charge in [0.15, 0.2) is 0 Å². The van der Waals surface area contributed by atoms with Gasteiger partial charge in [-0.15, -0.1) is 0 Å². The highest BCUT2D eigenvalue weighted by Crippen LogP contribution is 2.41. The third kappa shape index (κ3) is 4.66. The lowest BCUT2D eigenvalue weighted by atomic mass is 9.76. The third-order valence-electron chi connectivity index (χ3n) is 8.81. The second-order valence-corrected chi connectivity index (χ2v) is 11.0. The molecular formula is C28H39N3O4. The highest BCUT2D eigenvalue weighted by atomic mass is 16.5. The fourth-order valence-electron chi connectivity index (χ4n) is 6.97. The molecule has 1 amide bonds. The number of rotatable bonds is 5. The summed E-state index contributed by atoms with van der Waals surface area (Å²) in [5, 5.41) is 9.84. The number of fused-ring (bicyclic) bond motifs is 3. The summed E-state index contributed by atoms with van der Waals surface area (Å²) in [6, 6.07) is 4.61. The average molecular weight is 482 g/mol. The van der Waals surface area contributed by atoms with Crippen molar-refractivity contribution in [2.24, 2.45) is 11.8 Å². The van der Waals surface area contributed by atoms with Crippen LogP contribution >= 0.6 is 0 Å². The van der Waals surface area contributed by atoms with Crippen molar-refractivity contribution in [1.82, 2.24) is 14.5 Å². The Hall–Kier alpha value is -2.57. The van der Waals surface area contributed by atoms with E-state index >= 15 is 0 Å². The molecule has 0 unspecified atom stereocenters. The lowest BCUT2D eigenvalue weighted by Gasteiger charge is -2.32. The van der Waals surface area contributed by atoms with E-state index in [4.69, 9.17) is 9.72 Å². The van der Waals surface area contributed by atoms with E-state index in [1.807, 2.05) is 0 Å². The van der Waals surface area contributed by atoms with Crippen LogP contribution in [0.3, 0.4) is 0 Å². The second kappa shape index (κ2) is 10.2. The van der Waals surface area contributed by atoms with Crippen LogP contribution in [0.25, 0.3) is 11.0 Å². The maximum absolute atomic E-state index is 12.3. The van der Waals surface area contributed by atoms with Crippen molar-refractivity contribution in [3.05, 3.63) is 29.1 Å². The van der Waals surface area contributed by atoms with Gasteiger partial charge in [0.25, 0.3) is 0 Å². The summed E-state index contributed by atoms with van der Waals surface area (Å²) in [5.41, 5.74) is 4.56. The number of carbonyl (C=O) groups is 2. The van der Waals surface area contributed by atoms with Gasteiger partial charge in [0.05, 0.1) is 30.6 Å². The molecule has 190 valence electrons. The number of carboxylic acids is 1. The normalized spacial score (nSPS) is 24.2. The molecule has 0 radical (unpaired) electrons. The zero-order valence-electron chi connectivity index (χ0n) is 21.2. The molecule has 0 spiro atoms. The van der Waals surface area contributed by atoms with Crippen molar-refractivity contribution in [1.29, 1.82) is 0 Å². The minimum absolute atomic E-state index is 0.181. The number of nitrogens with zero attached hydrogens (tertiary/aromatic N) is 3. The summed E-state index contributed by atoms with van der Waals surface area (Å²) in [7, 11) is 1.44. The van der Waals surface area contributed by atoms with Gasteiger partial charge in [-0.2, -0.15) is 0 Å². The van der Waals surface area contributed by atoms with Gasteiger partial charge < -0.3 is 19.3 Å². The van der Waals surface area contributed by atoms with E-state index < -0.39 is 5.97 Å². The topological polar surface area (TPSA) is 84.7 Å². The van der Waals surface area contributed by atoms with E-state index in [9.17, 15) is 14.7 Å². The fourth-order valence-corrected chi connectivity index (χ4v) is 6.97. The first-order valence-corrected chi connectivity index (χ1v) is 13.6. The number of ether oxygens (including phenoxy) is 1. The Kier molecular flexibility index (Phi) is 7.03. The van der Waals surface area contributed by atoms with Crippen LogP contribution in [0.2, 0.25) is 0 Å². The van der Waals surface area contributed by atoms with Crippen molar-refractivity contribution in [2.75, 3.05) is 13.7 Å². The third-order valence-corrected chi connectivity index (χ3v) is 8.81. The lowest BCUT2D eigenvalue weighted by molar-refractivity contribution is -0.145. The minimum Gasteiger partial charge on any atom is -0.481 e. The summed E-state index contributed by atoms with van der Waals surface area (Å²) in [6.07, 6.45) is 11.4. The maximum atomic E-state index is 12.3. The summed E-state index contributed by atoms with van der Waals surface area (Å²) in [6.45, 7) is 3.44. The van der Waals surface area contributed by atoms with E-state index in [-0.39, 0.29) is 24.0 Å². The van der Waals surface area contributed by atoms with E-state index in [2.05, 4.69) is 23.6 Å². The number of aromatic nitrogens is 2. The van der Waals surface area contributed by atoms with Crippen molar-refractivity contribution in [3.8, 4) is 0 Å². The summed E-state index contributed by atoms with van der Waals surface area (Å²) in [4.78, 5) is 31.3. The molecule has 2 fully saturated rings. The molecule has 1 aliphatic heterocycles. The second-order valence-electron chi connectivity index (χ2n) is 11.0. The summed E-state index contributed by atoms with van der Waals surface area (Å²) in [5.74, 6) is 0.942.